The monoisotopic (exact) mass is 350 g/mol. The lowest BCUT2D eigenvalue weighted by atomic mass is 10.3. The Balaban J connectivity index is 3.23. The van der Waals surface area contributed by atoms with Gasteiger partial charge < -0.3 is 21.3 Å². The van der Waals surface area contributed by atoms with Crippen molar-refractivity contribution < 1.29 is 9.59 Å². The topological polar surface area (TPSA) is 82.3 Å². The zero-order valence-electron chi connectivity index (χ0n) is 13.7. The fraction of sp³-hybridized carbons (Fsp3) is 0.857. The molecule has 22 heavy (non-hydrogen) atoms. The molecule has 0 atom stereocenters. The van der Waals surface area contributed by atoms with Crippen LogP contribution in [0.3, 0.4) is 0 Å². The minimum absolute atomic E-state index is 0.0931. The Labute approximate surface area is 142 Å². The fourth-order valence-corrected chi connectivity index (χ4v) is 3.23. The molecule has 0 fully saturated rings. The second kappa shape index (κ2) is 16.6. The second-order valence-corrected chi connectivity index (χ2v) is 7.42. The summed E-state index contributed by atoms with van der Waals surface area (Å²) in [7, 11) is 3.40. The molecule has 0 spiro atoms. The highest BCUT2D eigenvalue weighted by Gasteiger charge is 1.99. The Bertz CT molecular complexity index is 266. The third kappa shape index (κ3) is 15.6. The number of carbonyl (C=O) groups excluding carboxylic acids is 2. The summed E-state index contributed by atoms with van der Waals surface area (Å²) in [5.41, 5.74) is 0. The Hall–Kier alpha value is -0.760. The minimum atomic E-state index is -0.0931. The van der Waals surface area contributed by atoms with Crippen LogP contribution in [0.2, 0.25) is 0 Å². The third-order valence-electron chi connectivity index (χ3n) is 2.66. The summed E-state index contributed by atoms with van der Waals surface area (Å²) in [4.78, 5) is 22.7. The third-order valence-corrected chi connectivity index (χ3v) is 5.07. The summed E-state index contributed by atoms with van der Waals surface area (Å²) in [6, 6.07) is -0.186. The zero-order chi connectivity index (χ0) is 16.5. The van der Waals surface area contributed by atoms with Gasteiger partial charge in [0.15, 0.2) is 0 Å². The summed E-state index contributed by atoms with van der Waals surface area (Å²) in [6.07, 6.45) is 4.18. The van der Waals surface area contributed by atoms with Crippen molar-refractivity contribution in [2.75, 3.05) is 37.7 Å². The van der Waals surface area contributed by atoms with Crippen LogP contribution in [0.4, 0.5) is 9.59 Å². The number of hydrogen-bond donors (Lipinski definition) is 4. The first-order valence-corrected chi connectivity index (χ1v) is 10.5. The Morgan fingerprint density at radius 2 is 1.05 bits per heavy atom. The summed E-state index contributed by atoms with van der Waals surface area (Å²) < 4.78 is 0. The van der Waals surface area contributed by atoms with E-state index in [1.54, 1.807) is 21.6 Å². The largest absolute Gasteiger partial charge is 0.338 e. The van der Waals surface area contributed by atoms with Crippen LogP contribution in [-0.4, -0.2) is 49.7 Å². The molecule has 130 valence electrons. The number of unbranched alkanes of at least 4 members (excludes halogenated alkanes) is 2. The van der Waals surface area contributed by atoms with Gasteiger partial charge in [-0.3, -0.25) is 0 Å². The molecule has 0 heterocycles. The van der Waals surface area contributed by atoms with Gasteiger partial charge in [-0.2, -0.15) is 0 Å². The molecule has 0 saturated heterocycles. The number of urea groups is 2. The van der Waals surface area contributed by atoms with Crippen LogP contribution in [0.15, 0.2) is 0 Å². The van der Waals surface area contributed by atoms with E-state index in [9.17, 15) is 9.59 Å². The van der Waals surface area contributed by atoms with E-state index in [4.69, 9.17) is 0 Å². The summed E-state index contributed by atoms with van der Waals surface area (Å²) in [6.45, 7) is 6.96. The van der Waals surface area contributed by atoms with Crippen LogP contribution in [0, 0.1) is 0 Å². The van der Waals surface area contributed by atoms with E-state index < -0.39 is 0 Å². The summed E-state index contributed by atoms with van der Waals surface area (Å²) in [5.74, 6) is 1.71. The van der Waals surface area contributed by atoms with E-state index >= 15 is 0 Å². The molecular weight excluding hydrogens is 320 g/mol. The Kier molecular flexibility index (Phi) is 16.0. The Morgan fingerprint density at radius 3 is 1.41 bits per heavy atom. The maximum atomic E-state index is 11.3. The van der Waals surface area contributed by atoms with E-state index in [0.717, 1.165) is 50.3 Å². The molecule has 4 N–H and O–H groups in total. The van der Waals surface area contributed by atoms with Gasteiger partial charge >= 0.3 is 12.1 Å². The molecule has 0 saturated carbocycles. The number of rotatable bonds is 13. The first-order chi connectivity index (χ1) is 10.7. The summed E-state index contributed by atoms with van der Waals surface area (Å²) in [5, 5.41) is 11.2. The van der Waals surface area contributed by atoms with Crippen LogP contribution < -0.4 is 21.3 Å². The van der Waals surface area contributed by atoms with Crippen molar-refractivity contribution in [1.29, 1.82) is 0 Å². The summed E-state index contributed by atoms with van der Waals surface area (Å²) >= 11 is 0. The van der Waals surface area contributed by atoms with Crippen molar-refractivity contribution in [1.82, 2.24) is 21.3 Å². The smallest absolute Gasteiger partial charge is 0.314 e. The van der Waals surface area contributed by atoms with Crippen molar-refractivity contribution in [2.24, 2.45) is 0 Å². The molecule has 4 amide bonds. The van der Waals surface area contributed by atoms with Gasteiger partial charge in [0.05, 0.1) is 0 Å². The van der Waals surface area contributed by atoms with E-state index in [2.05, 4.69) is 35.1 Å². The zero-order valence-corrected chi connectivity index (χ0v) is 15.3. The number of amides is 4. The van der Waals surface area contributed by atoms with Crippen LogP contribution in [0.1, 0.15) is 39.5 Å². The van der Waals surface area contributed by atoms with Gasteiger partial charge in [0.2, 0.25) is 0 Å². The van der Waals surface area contributed by atoms with Crippen LogP contribution in [0.5, 0.6) is 0 Å². The van der Waals surface area contributed by atoms with E-state index in [0.29, 0.717) is 13.1 Å². The van der Waals surface area contributed by atoms with Gasteiger partial charge in [-0.25, -0.2) is 9.59 Å². The van der Waals surface area contributed by atoms with Gasteiger partial charge in [0.25, 0.3) is 0 Å². The molecule has 0 aliphatic heterocycles. The molecule has 0 aliphatic rings. The highest BCUT2D eigenvalue weighted by molar-refractivity contribution is 8.76. The SMILES string of the molecule is CCCCNC(=O)NCCSSCCNC(=O)NCCCC. The van der Waals surface area contributed by atoms with E-state index in [1.807, 2.05) is 0 Å². The first-order valence-electron chi connectivity index (χ1n) is 7.98. The van der Waals surface area contributed by atoms with Crippen molar-refractivity contribution in [3.63, 3.8) is 0 Å². The molecule has 0 aromatic heterocycles. The van der Waals surface area contributed by atoms with E-state index in [1.165, 1.54) is 0 Å². The number of hydrogen-bond acceptors (Lipinski definition) is 4. The van der Waals surface area contributed by atoms with Crippen molar-refractivity contribution in [3.05, 3.63) is 0 Å². The van der Waals surface area contributed by atoms with Gasteiger partial charge in [0, 0.05) is 37.7 Å². The molecule has 6 nitrogen and oxygen atoms in total. The normalized spacial score (nSPS) is 10.1. The second-order valence-electron chi connectivity index (χ2n) is 4.72. The average molecular weight is 351 g/mol. The molecule has 0 aromatic rings. The standard InChI is InChI=1S/C14H30N4O2S2/c1-3-5-7-15-13(19)17-9-11-21-22-12-10-18-14(20)16-8-6-4-2/h3-12H2,1-2H3,(H2,15,17,19)(H2,16,18,20). The first kappa shape index (κ1) is 21.2. The molecule has 0 aliphatic carbocycles. The maximum Gasteiger partial charge on any atom is 0.314 e. The number of carbonyl (C=O) groups is 2. The molecule has 0 unspecified atom stereocenters. The van der Waals surface area contributed by atoms with Gasteiger partial charge in [-0.05, 0) is 12.8 Å². The molecule has 0 rings (SSSR count). The molecular formula is C14H30N4O2S2. The lowest BCUT2D eigenvalue weighted by Gasteiger charge is -2.07. The minimum Gasteiger partial charge on any atom is -0.338 e. The van der Waals surface area contributed by atoms with Crippen molar-refractivity contribution >= 4 is 33.7 Å². The molecule has 0 aromatic carbocycles. The predicted molar refractivity (Wildman–Crippen MR) is 97.5 cm³/mol. The number of nitrogens with one attached hydrogen (secondary N) is 4. The van der Waals surface area contributed by atoms with Gasteiger partial charge in [0.1, 0.15) is 0 Å². The van der Waals surface area contributed by atoms with Crippen LogP contribution >= 0.6 is 21.6 Å². The van der Waals surface area contributed by atoms with Crippen molar-refractivity contribution in [2.45, 2.75) is 39.5 Å². The molecule has 8 heteroatoms. The fourth-order valence-electron chi connectivity index (χ4n) is 1.41. The average Bonchev–Trinajstić information content (AvgIpc) is 2.50. The van der Waals surface area contributed by atoms with Crippen molar-refractivity contribution in [3.8, 4) is 0 Å². The lowest BCUT2D eigenvalue weighted by Crippen LogP contribution is -2.37. The predicted octanol–water partition coefficient (Wildman–Crippen LogP) is 2.57. The molecule has 0 radical (unpaired) electrons. The van der Waals surface area contributed by atoms with Gasteiger partial charge in [-0.1, -0.05) is 48.3 Å². The molecule has 0 bridgehead atoms. The van der Waals surface area contributed by atoms with Crippen LogP contribution in [-0.2, 0) is 0 Å². The quantitative estimate of drug-likeness (QED) is 0.304. The lowest BCUT2D eigenvalue weighted by molar-refractivity contribution is 0.240. The Morgan fingerprint density at radius 1 is 0.682 bits per heavy atom. The van der Waals surface area contributed by atoms with E-state index in [-0.39, 0.29) is 12.1 Å². The van der Waals surface area contributed by atoms with Gasteiger partial charge in [-0.15, -0.1) is 0 Å². The highest BCUT2D eigenvalue weighted by atomic mass is 33.1. The highest BCUT2D eigenvalue weighted by Crippen LogP contribution is 2.19. The van der Waals surface area contributed by atoms with Crippen LogP contribution in [0.25, 0.3) is 0 Å². The maximum absolute atomic E-state index is 11.3.